The quantitative estimate of drug-likeness (QED) is 0.925. The second-order valence-electron chi connectivity index (χ2n) is 5.61. The molecule has 0 radical (unpaired) electrons. The first kappa shape index (κ1) is 12.9. The maximum atomic E-state index is 12.3. The molecule has 4 rings (SSSR count). The zero-order chi connectivity index (χ0) is 14.2. The highest BCUT2D eigenvalue weighted by atomic mass is 32.1. The smallest absolute Gasteiger partial charge is 0.277 e. The van der Waals surface area contributed by atoms with Gasteiger partial charge >= 0.3 is 0 Å². The van der Waals surface area contributed by atoms with Gasteiger partial charge in [0.25, 0.3) is 5.91 Å². The summed E-state index contributed by atoms with van der Waals surface area (Å²) in [6.07, 6.45) is 7.61. The molecule has 21 heavy (non-hydrogen) atoms. The van der Waals surface area contributed by atoms with Crippen molar-refractivity contribution in [3.63, 3.8) is 0 Å². The molecular weight excluding hydrogens is 284 g/mol. The van der Waals surface area contributed by atoms with E-state index in [2.05, 4.69) is 20.5 Å². The molecule has 0 saturated heterocycles. The Labute approximate surface area is 126 Å². The van der Waals surface area contributed by atoms with Crippen LogP contribution in [0.1, 0.15) is 51.6 Å². The molecule has 2 aromatic rings. The standard InChI is InChI=1S/C15H16N4OS/c20-14(12-8-9-4-3-6-10(9)18-19-12)17-15-16-11-5-1-2-7-13(11)21-15/h8H,1-7H2,(H,16,17,20). The van der Waals surface area contributed by atoms with Gasteiger partial charge in [-0.25, -0.2) is 4.98 Å². The van der Waals surface area contributed by atoms with Crippen LogP contribution < -0.4 is 5.32 Å². The van der Waals surface area contributed by atoms with Crippen LogP contribution in [0, 0.1) is 0 Å². The SMILES string of the molecule is O=C(Nc1nc2c(s1)CCCC2)c1cc2c(nn1)CCC2. The minimum atomic E-state index is -0.205. The first-order valence-electron chi connectivity index (χ1n) is 7.45. The summed E-state index contributed by atoms with van der Waals surface area (Å²) in [5.74, 6) is -0.205. The van der Waals surface area contributed by atoms with Gasteiger partial charge in [0.05, 0.1) is 11.4 Å². The number of hydrogen-bond donors (Lipinski definition) is 1. The topological polar surface area (TPSA) is 67.8 Å². The number of fused-ring (bicyclic) bond motifs is 2. The van der Waals surface area contributed by atoms with Gasteiger partial charge in [-0.15, -0.1) is 16.4 Å². The minimum Gasteiger partial charge on any atom is -0.296 e. The molecule has 0 bridgehead atoms. The van der Waals surface area contributed by atoms with Gasteiger partial charge in [-0.2, -0.15) is 5.10 Å². The van der Waals surface area contributed by atoms with Crippen molar-refractivity contribution in [1.29, 1.82) is 0 Å². The number of nitrogens with one attached hydrogen (secondary N) is 1. The highest BCUT2D eigenvalue weighted by molar-refractivity contribution is 7.15. The molecule has 108 valence electrons. The van der Waals surface area contributed by atoms with E-state index in [-0.39, 0.29) is 5.91 Å². The number of aromatic nitrogens is 3. The van der Waals surface area contributed by atoms with Crippen LogP contribution >= 0.6 is 11.3 Å². The lowest BCUT2D eigenvalue weighted by Crippen LogP contribution is -2.15. The maximum Gasteiger partial charge on any atom is 0.277 e. The van der Waals surface area contributed by atoms with Crippen LogP contribution in [0.25, 0.3) is 0 Å². The molecule has 2 aromatic heterocycles. The van der Waals surface area contributed by atoms with Crippen molar-refractivity contribution >= 4 is 22.4 Å². The number of aryl methyl sites for hydroxylation is 4. The summed E-state index contributed by atoms with van der Waals surface area (Å²) in [5, 5.41) is 11.8. The summed E-state index contributed by atoms with van der Waals surface area (Å²) in [7, 11) is 0. The van der Waals surface area contributed by atoms with Gasteiger partial charge in [-0.3, -0.25) is 10.1 Å². The summed E-state index contributed by atoms with van der Waals surface area (Å²) in [6.45, 7) is 0. The Morgan fingerprint density at radius 2 is 1.90 bits per heavy atom. The van der Waals surface area contributed by atoms with E-state index in [0.717, 1.165) is 49.1 Å². The molecule has 0 aliphatic heterocycles. The lowest BCUT2D eigenvalue weighted by molar-refractivity contribution is 0.102. The number of anilines is 1. The number of carbonyl (C=O) groups excluding carboxylic acids is 1. The molecular formula is C15H16N4OS. The lowest BCUT2D eigenvalue weighted by atomic mass is 10.0. The first-order valence-corrected chi connectivity index (χ1v) is 8.26. The Kier molecular flexibility index (Phi) is 3.18. The predicted octanol–water partition coefficient (Wildman–Crippen LogP) is 2.55. The Balaban J connectivity index is 1.54. The van der Waals surface area contributed by atoms with E-state index in [4.69, 9.17) is 0 Å². The minimum absolute atomic E-state index is 0.205. The third kappa shape index (κ3) is 2.44. The van der Waals surface area contributed by atoms with Crippen molar-refractivity contribution in [1.82, 2.24) is 15.2 Å². The summed E-state index contributed by atoms with van der Waals surface area (Å²) in [5.41, 5.74) is 3.75. The largest absolute Gasteiger partial charge is 0.296 e. The van der Waals surface area contributed by atoms with Crippen LogP contribution in [0.5, 0.6) is 0 Å². The van der Waals surface area contributed by atoms with E-state index in [1.54, 1.807) is 11.3 Å². The van der Waals surface area contributed by atoms with Crippen LogP contribution in [-0.4, -0.2) is 21.1 Å². The third-order valence-electron chi connectivity index (χ3n) is 4.12. The van der Waals surface area contributed by atoms with Crippen molar-refractivity contribution in [3.05, 3.63) is 33.6 Å². The van der Waals surface area contributed by atoms with Crippen molar-refractivity contribution in [2.45, 2.75) is 44.9 Å². The van der Waals surface area contributed by atoms with E-state index in [1.165, 1.54) is 17.7 Å². The second kappa shape index (κ2) is 5.18. The van der Waals surface area contributed by atoms with E-state index < -0.39 is 0 Å². The molecule has 1 N–H and O–H groups in total. The monoisotopic (exact) mass is 300 g/mol. The molecule has 0 aromatic carbocycles. The summed E-state index contributed by atoms with van der Waals surface area (Å²) in [4.78, 5) is 18.1. The number of thiazole rings is 1. The molecule has 1 amide bonds. The van der Waals surface area contributed by atoms with E-state index in [0.29, 0.717) is 10.8 Å². The molecule has 2 heterocycles. The third-order valence-corrected chi connectivity index (χ3v) is 5.19. The van der Waals surface area contributed by atoms with Gasteiger partial charge in [0.2, 0.25) is 0 Å². The van der Waals surface area contributed by atoms with Crippen LogP contribution in [0.2, 0.25) is 0 Å². The average molecular weight is 300 g/mol. The zero-order valence-electron chi connectivity index (χ0n) is 11.7. The van der Waals surface area contributed by atoms with Crippen LogP contribution in [0.15, 0.2) is 6.07 Å². The van der Waals surface area contributed by atoms with E-state index >= 15 is 0 Å². The normalized spacial score (nSPS) is 16.4. The second-order valence-corrected chi connectivity index (χ2v) is 6.69. The summed E-state index contributed by atoms with van der Waals surface area (Å²) >= 11 is 1.59. The van der Waals surface area contributed by atoms with Gasteiger partial charge in [0, 0.05) is 4.88 Å². The van der Waals surface area contributed by atoms with Crippen molar-refractivity contribution in [2.24, 2.45) is 0 Å². The summed E-state index contributed by atoms with van der Waals surface area (Å²) in [6, 6.07) is 1.87. The first-order chi connectivity index (χ1) is 10.3. The molecule has 5 nitrogen and oxygen atoms in total. The van der Waals surface area contributed by atoms with Crippen molar-refractivity contribution < 1.29 is 4.79 Å². The average Bonchev–Trinajstić information content (AvgIpc) is 3.11. The Morgan fingerprint density at radius 3 is 2.81 bits per heavy atom. The number of hydrogen-bond acceptors (Lipinski definition) is 5. The maximum absolute atomic E-state index is 12.3. The highest BCUT2D eigenvalue weighted by Gasteiger charge is 2.19. The van der Waals surface area contributed by atoms with Gasteiger partial charge in [0.15, 0.2) is 10.8 Å². The number of carbonyl (C=O) groups is 1. The van der Waals surface area contributed by atoms with Crippen LogP contribution in [0.3, 0.4) is 0 Å². The van der Waals surface area contributed by atoms with E-state index in [1.807, 2.05) is 6.07 Å². The van der Waals surface area contributed by atoms with Crippen LogP contribution in [-0.2, 0) is 25.7 Å². The van der Waals surface area contributed by atoms with Gasteiger partial charge < -0.3 is 0 Å². The molecule has 2 aliphatic carbocycles. The Hall–Kier alpha value is -1.82. The molecule has 2 aliphatic rings. The Morgan fingerprint density at radius 1 is 1.05 bits per heavy atom. The van der Waals surface area contributed by atoms with Gasteiger partial charge in [-0.05, 0) is 56.6 Å². The molecule has 6 heteroatoms. The van der Waals surface area contributed by atoms with Crippen molar-refractivity contribution in [3.8, 4) is 0 Å². The fourth-order valence-electron chi connectivity index (χ4n) is 3.01. The highest BCUT2D eigenvalue weighted by Crippen LogP contribution is 2.29. The molecule has 0 fully saturated rings. The van der Waals surface area contributed by atoms with Crippen LogP contribution in [0.4, 0.5) is 5.13 Å². The molecule has 0 saturated carbocycles. The van der Waals surface area contributed by atoms with E-state index in [9.17, 15) is 4.79 Å². The molecule has 0 atom stereocenters. The van der Waals surface area contributed by atoms with Crippen molar-refractivity contribution in [2.75, 3.05) is 5.32 Å². The summed E-state index contributed by atoms with van der Waals surface area (Å²) < 4.78 is 0. The zero-order valence-corrected chi connectivity index (χ0v) is 12.5. The lowest BCUT2D eigenvalue weighted by Gasteiger charge is -2.06. The fraction of sp³-hybridized carbons (Fsp3) is 0.467. The molecule has 0 spiro atoms. The number of nitrogens with zero attached hydrogens (tertiary/aromatic N) is 3. The number of rotatable bonds is 2. The fourth-order valence-corrected chi connectivity index (χ4v) is 4.05. The Bertz CT molecular complexity index is 686. The van der Waals surface area contributed by atoms with Gasteiger partial charge in [-0.1, -0.05) is 0 Å². The predicted molar refractivity (Wildman–Crippen MR) is 80.8 cm³/mol. The van der Waals surface area contributed by atoms with Gasteiger partial charge in [0.1, 0.15) is 0 Å². The molecule has 0 unspecified atom stereocenters. The number of amides is 1.